The fourth-order valence-corrected chi connectivity index (χ4v) is 2.08. The van der Waals surface area contributed by atoms with E-state index in [0.717, 1.165) is 0 Å². The quantitative estimate of drug-likeness (QED) is 0.824. The highest BCUT2D eigenvalue weighted by atomic mass is 32.2. The standard InChI is InChI=1S/C11H13N5O3S/c1-15(11(17)6-16-8-13-7-14-16)9-2-4-10(5-3-9)20(12,18)19/h2-5,7-8H,6H2,1H3,(H2,12,18,19). The molecule has 0 radical (unpaired) electrons. The molecule has 2 rings (SSSR count). The topological polar surface area (TPSA) is 111 Å². The van der Waals surface area contributed by atoms with E-state index < -0.39 is 10.0 Å². The van der Waals surface area contributed by atoms with Gasteiger partial charge in [0.15, 0.2) is 0 Å². The summed E-state index contributed by atoms with van der Waals surface area (Å²) in [6.07, 6.45) is 2.78. The van der Waals surface area contributed by atoms with Gasteiger partial charge in [0.05, 0.1) is 4.90 Å². The monoisotopic (exact) mass is 295 g/mol. The van der Waals surface area contributed by atoms with Crippen LogP contribution in [0.1, 0.15) is 0 Å². The van der Waals surface area contributed by atoms with Crippen LogP contribution in [0.3, 0.4) is 0 Å². The van der Waals surface area contributed by atoms with Crippen molar-refractivity contribution in [3.8, 4) is 0 Å². The number of sulfonamides is 1. The van der Waals surface area contributed by atoms with Crippen LogP contribution in [0, 0.1) is 0 Å². The van der Waals surface area contributed by atoms with Crippen LogP contribution in [0.4, 0.5) is 5.69 Å². The molecule has 20 heavy (non-hydrogen) atoms. The number of carbonyl (C=O) groups excluding carboxylic acids is 1. The van der Waals surface area contributed by atoms with Gasteiger partial charge in [0.2, 0.25) is 15.9 Å². The van der Waals surface area contributed by atoms with Gasteiger partial charge in [0.1, 0.15) is 19.2 Å². The lowest BCUT2D eigenvalue weighted by Crippen LogP contribution is -2.30. The van der Waals surface area contributed by atoms with Gasteiger partial charge < -0.3 is 4.90 Å². The molecule has 8 nitrogen and oxygen atoms in total. The zero-order valence-electron chi connectivity index (χ0n) is 10.7. The first kappa shape index (κ1) is 14.2. The van der Waals surface area contributed by atoms with Gasteiger partial charge in [0.25, 0.3) is 0 Å². The van der Waals surface area contributed by atoms with Crippen LogP contribution < -0.4 is 10.0 Å². The summed E-state index contributed by atoms with van der Waals surface area (Å²) in [5, 5.41) is 8.85. The number of hydrogen-bond donors (Lipinski definition) is 1. The van der Waals surface area contributed by atoms with Crippen molar-refractivity contribution in [1.82, 2.24) is 14.8 Å². The molecular weight excluding hydrogens is 282 g/mol. The van der Waals surface area contributed by atoms with E-state index in [1.807, 2.05) is 0 Å². The Labute approximate surface area is 115 Å². The fourth-order valence-electron chi connectivity index (χ4n) is 1.56. The van der Waals surface area contributed by atoms with E-state index >= 15 is 0 Å². The normalized spacial score (nSPS) is 11.3. The molecule has 0 bridgehead atoms. The highest BCUT2D eigenvalue weighted by Gasteiger charge is 2.13. The van der Waals surface area contributed by atoms with Gasteiger partial charge >= 0.3 is 0 Å². The molecule has 2 aromatic rings. The lowest BCUT2D eigenvalue weighted by Gasteiger charge is -2.17. The largest absolute Gasteiger partial charge is 0.314 e. The molecule has 0 saturated carbocycles. The maximum absolute atomic E-state index is 12.0. The number of anilines is 1. The van der Waals surface area contributed by atoms with Crippen molar-refractivity contribution in [3.05, 3.63) is 36.9 Å². The van der Waals surface area contributed by atoms with E-state index in [9.17, 15) is 13.2 Å². The van der Waals surface area contributed by atoms with Crippen LogP contribution in [0.5, 0.6) is 0 Å². The second-order valence-electron chi connectivity index (χ2n) is 4.08. The minimum absolute atomic E-state index is 0.00150. The van der Waals surface area contributed by atoms with Gasteiger partial charge in [0, 0.05) is 12.7 Å². The molecular formula is C11H13N5O3S. The molecule has 0 spiro atoms. The number of benzene rings is 1. The summed E-state index contributed by atoms with van der Waals surface area (Å²) in [6, 6.07) is 5.73. The SMILES string of the molecule is CN(C(=O)Cn1cncn1)c1ccc(S(N)(=O)=O)cc1. The van der Waals surface area contributed by atoms with E-state index in [2.05, 4.69) is 10.1 Å². The zero-order chi connectivity index (χ0) is 14.8. The smallest absolute Gasteiger partial charge is 0.248 e. The first-order valence-electron chi connectivity index (χ1n) is 5.60. The second kappa shape index (κ2) is 5.39. The predicted octanol–water partition coefficient (Wildman–Crippen LogP) is -0.412. The number of nitrogens with zero attached hydrogens (tertiary/aromatic N) is 4. The third kappa shape index (κ3) is 3.19. The lowest BCUT2D eigenvalue weighted by atomic mass is 10.3. The van der Waals surface area contributed by atoms with Crippen molar-refractivity contribution in [2.45, 2.75) is 11.4 Å². The van der Waals surface area contributed by atoms with Gasteiger partial charge in [-0.15, -0.1) is 0 Å². The summed E-state index contributed by atoms with van der Waals surface area (Å²) in [6.45, 7) is 0.0490. The number of likely N-dealkylation sites (N-methyl/N-ethyl adjacent to an activating group) is 1. The predicted molar refractivity (Wildman–Crippen MR) is 71.2 cm³/mol. The number of nitrogens with two attached hydrogens (primary N) is 1. The summed E-state index contributed by atoms with van der Waals surface area (Å²) in [4.78, 5) is 17.1. The Bertz CT molecular complexity index is 694. The number of rotatable bonds is 4. The summed E-state index contributed by atoms with van der Waals surface area (Å²) in [7, 11) is -2.14. The molecule has 106 valence electrons. The molecule has 0 unspecified atom stereocenters. The maximum atomic E-state index is 12.0. The van der Waals surface area contributed by atoms with Crippen molar-refractivity contribution < 1.29 is 13.2 Å². The molecule has 1 heterocycles. The van der Waals surface area contributed by atoms with Crippen LogP contribution >= 0.6 is 0 Å². The van der Waals surface area contributed by atoms with Crippen LogP contribution in [0.25, 0.3) is 0 Å². The minimum Gasteiger partial charge on any atom is -0.314 e. The Hall–Kier alpha value is -2.26. The molecule has 0 aliphatic rings. The van der Waals surface area contributed by atoms with Crippen LogP contribution in [-0.4, -0.2) is 36.1 Å². The number of amides is 1. The summed E-state index contributed by atoms with van der Waals surface area (Å²) < 4.78 is 23.7. The van der Waals surface area contributed by atoms with Crippen molar-refractivity contribution in [2.24, 2.45) is 5.14 Å². The first-order chi connectivity index (χ1) is 9.38. The fraction of sp³-hybridized carbons (Fsp3) is 0.182. The van der Waals surface area contributed by atoms with Gasteiger partial charge in [-0.05, 0) is 24.3 Å². The van der Waals surface area contributed by atoms with E-state index in [0.29, 0.717) is 5.69 Å². The second-order valence-corrected chi connectivity index (χ2v) is 5.65. The molecule has 9 heteroatoms. The number of primary sulfonamides is 1. The van der Waals surface area contributed by atoms with Crippen molar-refractivity contribution in [1.29, 1.82) is 0 Å². The van der Waals surface area contributed by atoms with Crippen LogP contribution in [-0.2, 0) is 21.4 Å². The lowest BCUT2D eigenvalue weighted by molar-refractivity contribution is -0.119. The molecule has 1 aromatic carbocycles. The van der Waals surface area contributed by atoms with E-state index in [4.69, 9.17) is 5.14 Å². The van der Waals surface area contributed by atoms with Gasteiger partial charge in [-0.1, -0.05) is 0 Å². The molecule has 0 saturated heterocycles. The summed E-state index contributed by atoms with van der Waals surface area (Å²) in [5.41, 5.74) is 0.558. The Morgan fingerprint density at radius 1 is 1.35 bits per heavy atom. The summed E-state index contributed by atoms with van der Waals surface area (Å²) >= 11 is 0. The average Bonchev–Trinajstić information content (AvgIpc) is 2.90. The van der Waals surface area contributed by atoms with Crippen LogP contribution in [0.15, 0.2) is 41.8 Å². The molecule has 0 aliphatic carbocycles. The van der Waals surface area contributed by atoms with Crippen molar-refractivity contribution >= 4 is 21.6 Å². The zero-order valence-corrected chi connectivity index (χ0v) is 11.5. The highest BCUT2D eigenvalue weighted by Crippen LogP contribution is 2.16. The highest BCUT2D eigenvalue weighted by molar-refractivity contribution is 7.89. The molecule has 1 amide bonds. The minimum atomic E-state index is -3.73. The Balaban J connectivity index is 2.13. The Kier molecular flexibility index (Phi) is 3.81. The summed E-state index contributed by atoms with van der Waals surface area (Å²) in [5.74, 6) is -0.209. The van der Waals surface area contributed by atoms with Gasteiger partial charge in [-0.25, -0.2) is 23.2 Å². The van der Waals surface area contributed by atoms with Crippen LogP contribution in [0.2, 0.25) is 0 Å². The maximum Gasteiger partial charge on any atom is 0.248 e. The van der Waals surface area contributed by atoms with Crippen molar-refractivity contribution in [3.63, 3.8) is 0 Å². The van der Waals surface area contributed by atoms with Gasteiger partial charge in [-0.3, -0.25) is 4.79 Å². The van der Waals surface area contributed by atoms with Crippen molar-refractivity contribution in [2.75, 3.05) is 11.9 Å². The molecule has 0 atom stereocenters. The van der Waals surface area contributed by atoms with E-state index in [1.165, 1.54) is 46.5 Å². The number of aromatic nitrogens is 3. The molecule has 0 fully saturated rings. The molecule has 1 aromatic heterocycles. The first-order valence-corrected chi connectivity index (χ1v) is 7.14. The number of hydrogen-bond acceptors (Lipinski definition) is 5. The third-order valence-electron chi connectivity index (χ3n) is 2.69. The average molecular weight is 295 g/mol. The Morgan fingerprint density at radius 3 is 2.50 bits per heavy atom. The molecule has 2 N–H and O–H groups in total. The third-order valence-corrected chi connectivity index (χ3v) is 3.62. The van der Waals surface area contributed by atoms with Gasteiger partial charge in [-0.2, -0.15) is 5.10 Å². The van der Waals surface area contributed by atoms with E-state index in [1.54, 1.807) is 7.05 Å². The number of carbonyl (C=O) groups is 1. The molecule has 0 aliphatic heterocycles. The Morgan fingerprint density at radius 2 is 2.00 bits per heavy atom. The van der Waals surface area contributed by atoms with E-state index in [-0.39, 0.29) is 17.3 Å².